The van der Waals surface area contributed by atoms with Gasteiger partial charge in [0.1, 0.15) is 6.54 Å². The van der Waals surface area contributed by atoms with Crippen LogP contribution in [0.15, 0.2) is 71.2 Å². The summed E-state index contributed by atoms with van der Waals surface area (Å²) in [5.41, 5.74) is 2.71. The van der Waals surface area contributed by atoms with Crippen molar-refractivity contribution in [2.24, 2.45) is 0 Å². The van der Waals surface area contributed by atoms with Gasteiger partial charge in [-0.3, -0.25) is 0 Å². The number of quaternary nitrogens is 1. The van der Waals surface area contributed by atoms with Gasteiger partial charge < -0.3 is 10.2 Å². The minimum absolute atomic E-state index is 0.595. The van der Waals surface area contributed by atoms with Gasteiger partial charge in [0, 0.05) is 34.6 Å². The molecule has 2 nitrogen and oxygen atoms in total. The maximum atomic E-state index is 3.69. The maximum Gasteiger partial charge on any atom is 0.103 e. The molecule has 3 aromatic rings. The minimum atomic E-state index is 0.595. The predicted octanol–water partition coefficient (Wildman–Crippen LogP) is 4.26. The van der Waals surface area contributed by atoms with Crippen LogP contribution in [0.5, 0.6) is 0 Å². The fourth-order valence-corrected chi connectivity index (χ4v) is 4.11. The first-order chi connectivity index (χ1) is 12.3. The van der Waals surface area contributed by atoms with Crippen LogP contribution in [0, 0.1) is 0 Å². The smallest absolute Gasteiger partial charge is 0.103 e. The molecule has 2 N–H and O–H groups in total. The highest BCUT2D eigenvalue weighted by atomic mass is 79.9. The molecular formula is C22H24BrN2+. The Morgan fingerprint density at radius 3 is 2.40 bits per heavy atom. The summed E-state index contributed by atoms with van der Waals surface area (Å²) in [5, 5.41) is 6.45. The molecule has 0 bridgehead atoms. The van der Waals surface area contributed by atoms with Crippen LogP contribution < -0.4 is 10.2 Å². The second-order valence-electron chi connectivity index (χ2n) is 6.99. The van der Waals surface area contributed by atoms with Crippen molar-refractivity contribution < 1.29 is 4.90 Å². The first kappa shape index (κ1) is 16.6. The van der Waals surface area contributed by atoms with Crippen LogP contribution in [0.2, 0.25) is 0 Å². The number of piperidine rings is 1. The first-order valence-corrected chi connectivity index (χ1v) is 9.89. The maximum absolute atomic E-state index is 3.69. The normalized spacial score (nSPS) is 20.5. The molecule has 0 unspecified atom stereocenters. The largest absolute Gasteiger partial charge is 0.382 e. The lowest BCUT2D eigenvalue weighted by Gasteiger charge is -2.30. The zero-order valence-corrected chi connectivity index (χ0v) is 15.9. The van der Waals surface area contributed by atoms with E-state index in [9.17, 15) is 0 Å². The molecule has 25 heavy (non-hydrogen) atoms. The highest BCUT2D eigenvalue weighted by Gasteiger charge is 2.22. The molecule has 0 aliphatic carbocycles. The molecule has 4 rings (SSSR count). The van der Waals surface area contributed by atoms with Crippen molar-refractivity contribution in [3.63, 3.8) is 0 Å². The Balaban J connectivity index is 1.36. The summed E-state index contributed by atoms with van der Waals surface area (Å²) < 4.78 is 1.13. The molecule has 0 saturated carbocycles. The molecule has 3 heteroatoms. The topological polar surface area (TPSA) is 16.5 Å². The average molecular weight is 396 g/mol. The van der Waals surface area contributed by atoms with E-state index in [4.69, 9.17) is 0 Å². The van der Waals surface area contributed by atoms with Gasteiger partial charge in [-0.15, -0.1) is 0 Å². The number of hydrogen-bond donors (Lipinski definition) is 2. The fraction of sp³-hybridized carbons (Fsp3) is 0.273. The molecule has 128 valence electrons. The van der Waals surface area contributed by atoms with Gasteiger partial charge in [0.2, 0.25) is 0 Å². The molecule has 3 aromatic carbocycles. The predicted molar refractivity (Wildman–Crippen MR) is 109 cm³/mol. The third-order valence-corrected chi connectivity index (χ3v) is 5.76. The summed E-state index contributed by atoms with van der Waals surface area (Å²) in [4.78, 5) is 1.70. The number of hydrogen-bond acceptors (Lipinski definition) is 1. The van der Waals surface area contributed by atoms with Gasteiger partial charge in [-0.05, 0) is 35.0 Å². The second kappa shape index (κ2) is 7.59. The molecule has 1 heterocycles. The lowest BCUT2D eigenvalue weighted by Crippen LogP contribution is -3.12. The van der Waals surface area contributed by atoms with E-state index in [-0.39, 0.29) is 0 Å². The average Bonchev–Trinajstić information content (AvgIpc) is 2.65. The molecule has 1 aliphatic rings. The SMILES string of the molecule is Brc1ccc(NC2CC[NH+](Cc3cccc4ccccc34)CC2)cc1. The third-order valence-electron chi connectivity index (χ3n) is 5.23. The third kappa shape index (κ3) is 4.05. The summed E-state index contributed by atoms with van der Waals surface area (Å²) in [6.45, 7) is 3.60. The molecule has 1 aliphatic heterocycles. The summed E-state index contributed by atoms with van der Waals surface area (Å²) >= 11 is 3.50. The number of rotatable bonds is 4. The van der Waals surface area contributed by atoms with E-state index in [1.54, 1.807) is 4.90 Å². The summed E-state index contributed by atoms with van der Waals surface area (Å²) in [7, 11) is 0. The molecular weight excluding hydrogens is 372 g/mol. The molecule has 1 saturated heterocycles. The first-order valence-electron chi connectivity index (χ1n) is 9.10. The second-order valence-corrected chi connectivity index (χ2v) is 7.91. The molecule has 0 radical (unpaired) electrons. The van der Waals surface area contributed by atoms with E-state index in [1.807, 2.05) is 0 Å². The quantitative estimate of drug-likeness (QED) is 0.674. The van der Waals surface area contributed by atoms with Crippen LogP contribution in [0.4, 0.5) is 5.69 Å². The van der Waals surface area contributed by atoms with E-state index < -0.39 is 0 Å². The molecule has 0 amide bonds. The van der Waals surface area contributed by atoms with Crippen LogP contribution in [0.1, 0.15) is 18.4 Å². The summed E-state index contributed by atoms with van der Waals surface area (Å²) in [6.07, 6.45) is 2.46. The molecule has 0 aromatic heterocycles. The highest BCUT2D eigenvalue weighted by Crippen LogP contribution is 2.19. The lowest BCUT2D eigenvalue weighted by atomic mass is 10.0. The Morgan fingerprint density at radius 1 is 0.880 bits per heavy atom. The van der Waals surface area contributed by atoms with E-state index in [1.165, 1.54) is 48.0 Å². The van der Waals surface area contributed by atoms with Crippen molar-refractivity contribution >= 4 is 32.4 Å². The fourth-order valence-electron chi connectivity index (χ4n) is 3.84. The van der Waals surface area contributed by atoms with Gasteiger partial charge in [0.05, 0.1) is 13.1 Å². The van der Waals surface area contributed by atoms with Gasteiger partial charge in [-0.1, -0.05) is 58.4 Å². The molecule has 0 spiro atoms. The number of anilines is 1. The Kier molecular flexibility index (Phi) is 5.04. The number of likely N-dealkylation sites (tertiary alicyclic amines) is 1. The highest BCUT2D eigenvalue weighted by molar-refractivity contribution is 9.10. The van der Waals surface area contributed by atoms with Gasteiger partial charge >= 0.3 is 0 Å². The van der Waals surface area contributed by atoms with E-state index in [0.717, 1.165) is 11.0 Å². The monoisotopic (exact) mass is 395 g/mol. The van der Waals surface area contributed by atoms with Crippen molar-refractivity contribution in [3.8, 4) is 0 Å². The number of fused-ring (bicyclic) bond motifs is 1. The van der Waals surface area contributed by atoms with Gasteiger partial charge in [0.15, 0.2) is 0 Å². The van der Waals surface area contributed by atoms with Crippen molar-refractivity contribution in [1.82, 2.24) is 0 Å². The Bertz CT molecular complexity index is 831. The standard InChI is InChI=1S/C22H23BrN2/c23-19-8-10-20(11-9-19)24-21-12-14-25(15-13-21)16-18-6-3-5-17-4-1-2-7-22(17)18/h1-11,21,24H,12-16H2/p+1. The summed E-state index contributed by atoms with van der Waals surface area (Å²) in [6, 6.07) is 24.5. The zero-order chi connectivity index (χ0) is 17.1. The van der Waals surface area contributed by atoms with Crippen LogP contribution in [0.3, 0.4) is 0 Å². The van der Waals surface area contributed by atoms with Gasteiger partial charge in [0.25, 0.3) is 0 Å². The lowest BCUT2D eigenvalue weighted by molar-refractivity contribution is -0.918. The Hall–Kier alpha value is -1.84. The van der Waals surface area contributed by atoms with Crippen LogP contribution in [-0.2, 0) is 6.54 Å². The number of nitrogens with one attached hydrogen (secondary N) is 2. The Morgan fingerprint density at radius 2 is 1.60 bits per heavy atom. The van der Waals surface area contributed by atoms with E-state index >= 15 is 0 Å². The Labute approximate surface area is 158 Å². The van der Waals surface area contributed by atoms with Gasteiger partial charge in [-0.25, -0.2) is 0 Å². The van der Waals surface area contributed by atoms with Crippen LogP contribution in [0.25, 0.3) is 10.8 Å². The zero-order valence-electron chi connectivity index (χ0n) is 14.3. The molecule has 1 fully saturated rings. The number of halogens is 1. The van der Waals surface area contributed by atoms with E-state index in [2.05, 4.69) is 88.0 Å². The van der Waals surface area contributed by atoms with E-state index in [0.29, 0.717) is 6.04 Å². The summed E-state index contributed by atoms with van der Waals surface area (Å²) in [5.74, 6) is 0. The number of benzene rings is 3. The van der Waals surface area contributed by atoms with Crippen molar-refractivity contribution in [2.75, 3.05) is 18.4 Å². The van der Waals surface area contributed by atoms with Crippen LogP contribution >= 0.6 is 15.9 Å². The van der Waals surface area contributed by atoms with Crippen LogP contribution in [-0.4, -0.2) is 19.1 Å². The van der Waals surface area contributed by atoms with Crippen molar-refractivity contribution in [3.05, 3.63) is 76.8 Å². The molecule has 0 atom stereocenters. The minimum Gasteiger partial charge on any atom is -0.382 e. The van der Waals surface area contributed by atoms with Crippen molar-refractivity contribution in [2.45, 2.75) is 25.4 Å². The van der Waals surface area contributed by atoms with Gasteiger partial charge in [-0.2, -0.15) is 0 Å². The van der Waals surface area contributed by atoms with Crippen molar-refractivity contribution in [1.29, 1.82) is 0 Å².